The first-order valence-electron chi connectivity index (χ1n) is 10.5. The lowest BCUT2D eigenvalue weighted by Crippen LogP contribution is -2.17. The highest BCUT2D eigenvalue weighted by molar-refractivity contribution is 5.30. The van der Waals surface area contributed by atoms with E-state index in [2.05, 4.69) is 67.3 Å². The van der Waals surface area contributed by atoms with Gasteiger partial charge < -0.3 is 30.9 Å². The molecule has 3 aromatic heterocycles. The van der Waals surface area contributed by atoms with Crippen molar-refractivity contribution in [2.24, 2.45) is 0 Å². The minimum absolute atomic E-state index is 0.836. The lowest BCUT2D eigenvalue weighted by Gasteiger charge is -2.12. The molecule has 0 saturated carbocycles. The highest BCUT2D eigenvalue weighted by Crippen LogP contribution is 2.12. The second kappa shape index (κ2) is 10.6. The Morgan fingerprint density at radius 1 is 0.467 bits per heavy atom. The number of hydrogen-bond donors (Lipinski definition) is 6. The topological polar surface area (TPSA) is 83.5 Å². The van der Waals surface area contributed by atoms with E-state index in [9.17, 15) is 0 Å². The van der Waals surface area contributed by atoms with Crippen molar-refractivity contribution in [1.82, 2.24) is 30.9 Å². The molecule has 0 bridgehead atoms. The van der Waals surface area contributed by atoms with Crippen molar-refractivity contribution in [3.05, 3.63) is 107 Å². The summed E-state index contributed by atoms with van der Waals surface area (Å²) < 4.78 is 0. The molecule has 0 aliphatic heterocycles. The van der Waals surface area contributed by atoms with E-state index in [1.54, 1.807) is 0 Å². The third-order valence-corrected chi connectivity index (χ3v) is 5.03. The van der Waals surface area contributed by atoms with E-state index < -0.39 is 0 Å². The maximum absolute atomic E-state index is 3.53. The van der Waals surface area contributed by atoms with Gasteiger partial charge in [0.2, 0.25) is 0 Å². The van der Waals surface area contributed by atoms with Crippen molar-refractivity contribution in [2.75, 3.05) is 0 Å². The van der Waals surface area contributed by atoms with Crippen molar-refractivity contribution in [1.29, 1.82) is 0 Å². The fraction of sp³-hybridized carbons (Fsp3) is 0.250. The van der Waals surface area contributed by atoms with Crippen LogP contribution in [0.1, 0.15) is 33.8 Å². The van der Waals surface area contributed by atoms with Crippen molar-refractivity contribution in [2.45, 2.75) is 39.3 Å². The quantitative estimate of drug-likeness (QED) is 0.219. The summed E-state index contributed by atoms with van der Waals surface area (Å²) in [7, 11) is 0. The zero-order chi connectivity index (χ0) is 20.4. The molecule has 0 aliphatic rings. The van der Waals surface area contributed by atoms with Gasteiger partial charge in [0.1, 0.15) is 0 Å². The molecular formula is C24H30N6. The lowest BCUT2D eigenvalue weighted by molar-refractivity contribution is 0.659. The molecule has 6 heteroatoms. The van der Waals surface area contributed by atoms with E-state index in [1.807, 2.05) is 36.8 Å². The summed E-state index contributed by atoms with van der Waals surface area (Å²) in [4.78, 5) is 9.72. The van der Waals surface area contributed by atoms with Crippen LogP contribution in [-0.2, 0) is 39.3 Å². The zero-order valence-electron chi connectivity index (χ0n) is 17.2. The standard InChI is InChI=1S/C24H30N6/c1-4-22(28-7-1)16-25-13-19-10-20(14-26-17-23-5-2-8-29-23)12-21(11-19)15-27-18-24-6-3-9-30-24/h1-12,25-30H,13-18H2. The molecule has 156 valence electrons. The maximum atomic E-state index is 3.53. The number of benzene rings is 1. The van der Waals surface area contributed by atoms with Crippen LogP contribution in [0.5, 0.6) is 0 Å². The van der Waals surface area contributed by atoms with Crippen LogP contribution in [0.2, 0.25) is 0 Å². The molecule has 6 nitrogen and oxygen atoms in total. The molecule has 4 rings (SSSR count). The Morgan fingerprint density at radius 3 is 1.07 bits per heavy atom. The van der Waals surface area contributed by atoms with Gasteiger partial charge in [-0.25, -0.2) is 0 Å². The van der Waals surface area contributed by atoms with E-state index in [-0.39, 0.29) is 0 Å². The molecule has 6 N–H and O–H groups in total. The van der Waals surface area contributed by atoms with Crippen LogP contribution in [-0.4, -0.2) is 15.0 Å². The SMILES string of the molecule is c1c[nH]c(CNCc2cc(CNCc3ccc[nH]3)cc(CNCc3ccc[nH]3)c2)c1. The molecule has 0 aliphatic carbocycles. The predicted octanol–water partition coefficient (Wildman–Crippen LogP) is 3.54. The molecule has 0 saturated heterocycles. The van der Waals surface area contributed by atoms with Crippen LogP contribution in [0.4, 0.5) is 0 Å². The Bertz CT molecular complexity index is 830. The number of H-pyrrole nitrogens is 3. The molecule has 4 aromatic rings. The van der Waals surface area contributed by atoms with Crippen molar-refractivity contribution in [3.8, 4) is 0 Å². The highest BCUT2D eigenvalue weighted by Gasteiger charge is 2.04. The average molecular weight is 403 g/mol. The van der Waals surface area contributed by atoms with E-state index in [0.29, 0.717) is 0 Å². The van der Waals surface area contributed by atoms with E-state index in [0.717, 1.165) is 39.3 Å². The van der Waals surface area contributed by atoms with Crippen LogP contribution < -0.4 is 16.0 Å². The van der Waals surface area contributed by atoms with Gasteiger partial charge in [-0.15, -0.1) is 0 Å². The Morgan fingerprint density at radius 2 is 0.800 bits per heavy atom. The molecule has 30 heavy (non-hydrogen) atoms. The van der Waals surface area contributed by atoms with Crippen LogP contribution in [0.3, 0.4) is 0 Å². The molecule has 0 atom stereocenters. The molecule has 0 radical (unpaired) electrons. The molecule has 0 spiro atoms. The van der Waals surface area contributed by atoms with Gasteiger partial charge in [0.15, 0.2) is 0 Å². The first-order chi connectivity index (χ1) is 14.8. The molecule has 0 unspecified atom stereocenters. The smallest absolute Gasteiger partial charge is 0.0360 e. The third kappa shape index (κ3) is 6.22. The number of nitrogens with one attached hydrogen (secondary N) is 6. The minimum atomic E-state index is 0.836. The number of rotatable bonds is 12. The predicted molar refractivity (Wildman–Crippen MR) is 120 cm³/mol. The Labute approximate surface area is 177 Å². The maximum Gasteiger partial charge on any atom is 0.0360 e. The minimum Gasteiger partial charge on any atom is -0.364 e. The van der Waals surface area contributed by atoms with Gasteiger partial charge in [-0.3, -0.25) is 0 Å². The van der Waals surface area contributed by atoms with Gasteiger partial charge in [-0.05, 0) is 53.1 Å². The van der Waals surface area contributed by atoms with Crippen molar-refractivity contribution in [3.63, 3.8) is 0 Å². The summed E-state index contributed by atoms with van der Waals surface area (Å²) in [6.07, 6.45) is 5.88. The van der Waals surface area contributed by atoms with Gasteiger partial charge >= 0.3 is 0 Å². The van der Waals surface area contributed by atoms with E-state index in [4.69, 9.17) is 0 Å². The molecule has 0 fully saturated rings. The molecule has 1 aromatic carbocycles. The fourth-order valence-corrected chi connectivity index (χ4v) is 3.60. The summed E-state index contributed by atoms with van der Waals surface area (Å²) in [5, 5.41) is 10.6. The van der Waals surface area contributed by atoms with Crippen LogP contribution in [0, 0.1) is 0 Å². The summed E-state index contributed by atoms with van der Waals surface area (Å²) in [6.45, 7) is 5.03. The van der Waals surface area contributed by atoms with E-state index >= 15 is 0 Å². The number of hydrogen-bond acceptors (Lipinski definition) is 3. The van der Waals surface area contributed by atoms with Crippen molar-refractivity contribution < 1.29 is 0 Å². The van der Waals surface area contributed by atoms with Crippen LogP contribution in [0.15, 0.2) is 73.2 Å². The third-order valence-electron chi connectivity index (χ3n) is 5.03. The van der Waals surface area contributed by atoms with Gasteiger partial charge in [0.25, 0.3) is 0 Å². The zero-order valence-corrected chi connectivity index (χ0v) is 17.2. The Balaban J connectivity index is 1.36. The molecule has 0 amide bonds. The van der Waals surface area contributed by atoms with Gasteiger partial charge in [-0.1, -0.05) is 18.2 Å². The van der Waals surface area contributed by atoms with Gasteiger partial charge in [0, 0.05) is 74.9 Å². The van der Waals surface area contributed by atoms with Gasteiger partial charge in [0.05, 0.1) is 0 Å². The normalized spacial score (nSPS) is 11.2. The Kier molecular flexibility index (Phi) is 7.17. The van der Waals surface area contributed by atoms with Crippen LogP contribution >= 0.6 is 0 Å². The number of aromatic amines is 3. The summed E-state index contributed by atoms with van der Waals surface area (Å²) in [5.41, 5.74) is 7.51. The van der Waals surface area contributed by atoms with Crippen LogP contribution in [0.25, 0.3) is 0 Å². The second-order valence-electron chi connectivity index (χ2n) is 7.55. The number of aromatic nitrogens is 3. The average Bonchev–Trinajstić information content (AvgIpc) is 3.52. The molecule has 3 heterocycles. The largest absolute Gasteiger partial charge is 0.364 e. The lowest BCUT2D eigenvalue weighted by atomic mass is 10.0. The fourth-order valence-electron chi connectivity index (χ4n) is 3.60. The monoisotopic (exact) mass is 402 g/mol. The van der Waals surface area contributed by atoms with Gasteiger partial charge in [-0.2, -0.15) is 0 Å². The van der Waals surface area contributed by atoms with E-state index in [1.165, 1.54) is 33.8 Å². The van der Waals surface area contributed by atoms with Crippen molar-refractivity contribution >= 4 is 0 Å². The highest BCUT2D eigenvalue weighted by atomic mass is 14.9. The second-order valence-corrected chi connectivity index (χ2v) is 7.55. The first kappa shape index (κ1) is 20.2. The summed E-state index contributed by atoms with van der Waals surface area (Å²) in [6, 6.07) is 19.3. The molecular weight excluding hydrogens is 372 g/mol. The first-order valence-corrected chi connectivity index (χ1v) is 10.5. The Hall–Kier alpha value is -3.06. The summed E-state index contributed by atoms with van der Waals surface area (Å²) in [5.74, 6) is 0. The summed E-state index contributed by atoms with van der Waals surface area (Å²) >= 11 is 0.